The monoisotopic (exact) mass is 308 g/mol. The molecule has 21 heavy (non-hydrogen) atoms. The number of alkyl halides is 3. The molecule has 6 heteroatoms. The van der Waals surface area contributed by atoms with Crippen molar-refractivity contribution >= 4 is 0 Å². The summed E-state index contributed by atoms with van der Waals surface area (Å²) in [6.45, 7) is 2.73. The second-order valence-electron chi connectivity index (χ2n) is 5.94. The average Bonchev–Trinajstić information content (AvgIpc) is 2.69. The lowest BCUT2D eigenvalue weighted by atomic mass is 9.80. The molecule has 0 N–H and O–H groups in total. The first kappa shape index (κ1) is 16.0. The fraction of sp³-hybridized carbons (Fsp3) is 0.600. The third kappa shape index (κ3) is 2.49. The number of hydrogen-bond acceptors (Lipinski definition) is 1. The van der Waals surface area contributed by atoms with Crippen molar-refractivity contribution in [2.24, 2.45) is 11.3 Å². The Morgan fingerprint density at radius 3 is 2.33 bits per heavy atom. The Bertz CT molecular complexity index is 540. The highest BCUT2D eigenvalue weighted by molar-refractivity contribution is 5.39. The predicted molar refractivity (Wildman–Crippen MR) is 68.2 cm³/mol. The minimum Gasteiger partial charge on any atom is -0.493 e. The fourth-order valence-electron chi connectivity index (χ4n) is 3.19. The van der Waals surface area contributed by atoms with Gasteiger partial charge < -0.3 is 4.74 Å². The number of hydrogen-bond donors (Lipinski definition) is 0. The number of benzene rings is 1. The van der Waals surface area contributed by atoms with Gasteiger partial charge >= 0.3 is 6.18 Å². The fourth-order valence-corrected chi connectivity index (χ4v) is 3.19. The third-order valence-corrected chi connectivity index (χ3v) is 4.77. The molecule has 1 saturated carbocycles. The summed E-state index contributed by atoms with van der Waals surface area (Å²) < 4.78 is 71.5. The topological polar surface area (TPSA) is 9.23 Å². The second kappa shape index (κ2) is 5.14. The summed E-state index contributed by atoms with van der Waals surface area (Å²) in [4.78, 5) is 0. The van der Waals surface area contributed by atoms with Crippen LogP contribution in [0.4, 0.5) is 22.0 Å². The maximum absolute atomic E-state index is 13.7. The summed E-state index contributed by atoms with van der Waals surface area (Å²) in [5.74, 6) is -3.61. The van der Waals surface area contributed by atoms with Gasteiger partial charge in [0, 0.05) is 5.56 Å². The molecule has 1 fully saturated rings. The molecule has 1 aromatic carbocycles. The molecule has 0 spiro atoms. The standard InChI is InChI=1S/C15H17F5O/c1-8-6-9(7-14(8,2)15(18,19)20)10-4-5-11(16)12(17)13(10)21-3/h4-5,8-9H,6-7H2,1-3H3. The summed E-state index contributed by atoms with van der Waals surface area (Å²) in [5.41, 5.74) is -1.52. The van der Waals surface area contributed by atoms with Crippen molar-refractivity contribution in [1.82, 2.24) is 0 Å². The number of methoxy groups -OCH3 is 1. The maximum atomic E-state index is 13.7. The highest BCUT2D eigenvalue weighted by atomic mass is 19.4. The Morgan fingerprint density at radius 2 is 1.86 bits per heavy atom. The van der Waals surface area contributed by atoms with Gasteiger partial charge in [-0.3, -0.25) is 0 Å². The molecule has 1 nitrogen and oxygen atoms in total. The van der Waals surface area contributed by atoms with Crippen molar-refractivity contribution < 1.29 is 26.7 Å². The largest absolute Gasteiger partial charge is 0.493 e. The van der Waals surface area contributed by atoms with E-state index in [-0.39, 0.29) is 18.6 Å². The smallest absolute Gasteiger partial charge is 0.394 e. The normalized spacial score (nSPS) is 29.7. The molecule has 118 valence electrons. The molecule has 1 aromatic rings. The summed E-state index contributed by atoms with van der Waals surface area (Å²) >= 11 is 0. The zero-order valence-corrected chi connectivity index (χ0v) is 12.0. The number of halogens is 5. The summed E-state index contributed by atoms with van der Waals surface area (Å²) in [7, 11) is 1.18. The van der Waals surface area contributed by atoms with Crippen LogP contribution in [0.5, 0.6) is 5.75 Å². The van der Waals surface area contributed by atoms with E-state index >= 15 is 0 Å². The van der Waals surface area contributed by atoms with Gasteiger partial charge in [0.2, 0.25) is 5.82 Å². The molecule has 0 bridgehead atoms. The average molecular weight is 308 g/mol. The Labute approximate surface area is 120 Å². The molecule has 3 atom stereocenters. The third-order valence-electron chi connectivity index (χ3n) is 4.77. The molecular formula is C15H17F5O. The van der Waals surface area contributed by atoms with Gasteiger partial charge in [0.15, 0.2) is 11.6 Å². The highest BCUT2D eigenvalue weighted by Crippen LogP contribution is 2.59. The highest BCUT2D eigenvalue weighted by Gasteiger charge is 2.59. The molecular weight excluding hydrogens is 291 g/mol. The van der Waals surface area contributed by atoms with Crippen molar-refractivity contribution in [3.05, 3.63) is 29.3 Å². The van der Waals surface area contributed by atoms with Gasteiger partial charge in [0.05, 0.1) is 12.5 Å². The van der Waals surface area contributed by atoms with E-state index in [1.54, 1.807) is 6.92 Å². The Hall–Kier alpha value is -1.33. The van der Waals surface area contributed by atoms with Crippen LogP contribution < -0.4 is 4.74 Å². The van der Waals surface area contributed by atoms with Crippen LogP contribution in [-0.4, -0.2) is 13.3 Å². The molecule has 1 aliphatic rings. The molecule has 0 aromatic heterocycles. The molecule has 1 aliphatic carbocycles. The molecule has 0 amide bonds. The maximum Gasteiger partial charge on any atom is 0.394 e. The van der Waals surface area contributed by atoms with Crippen LogP contribution in [0.3, 0.4) is 0 Å². The quantitative estimate of drug-likeness (QED) is 0.694. The number of rotatable bonds is 2. The lowest BCUT2D eigenvalue weighted by Gasteiger charge is -2.31. The van der Waals surface area contributed by atoms with Crippen LogP contribution in [-0.2, 0) is 0 Å². The van der Waals surface area contributed by atoms with E-state index in [2.05, 4.69) is 0 Å². The van der Waals surface area contributed by atoms with Crippen molar-refractivity contribution in [1.29, 1.82) is 0 Å². The Morgan fingerprint density at radius 1 is 1.24 bits per heavy atom. The van der Waals surface area contributed by atoms with Crippen LogP contribution in [0, 0.1) is 23.0 Å². The first-order valence-corrected chi connectivity index (χ1v) is 6.70. The zero-order chi connectivity index (χ0) is 16.0. The van der Waals surface area contributed by atoms with Crippen LogP contribution in [0.25, 0.3) is 0 Å². The second-order valence-corrected chi connectivity index (χ2v) is 5.94. The van der Waals surface area contributed by atoms with E-state index < -0.39 is 35.1 Å². The minimum absolute atomic E-state index is 0.154. The molecule has 3 unspecified atom stereocenters. The van der Waals surface area contributed by atoms with Gasteiger partial charge in [0.1, 0.15) is 0 Å². The Balaban J connectivity index is 2.41. The summed E-state index contributed by atoms with van der Waals surface area (Å²) in [6.07, 6.45) is -4.22. The van der Waals surface area contributed by atoms with Crippen molar-refractivity contribution in [3.63, 3.8) is 0 Å². The molecule has 0 aliphatic heterocycles. The molecule has 0 saturated heterocycles. The van der Waals surface area contributed by atoms with Gasteiger partial charge in [-0.15, -0.1) is 0 Å². The van der Waals surface area contributed by atoms with Gasteiger partial charge in [-0.1, -0.05) is 19.9 Å². The predicted octanol–water partition coefficient (Wildman–Crippen LogP) is 5.06. The van der Waals surface area contributed by atoms with E-state index in [0.717, 1.165) is 6.07 Å². The lowest BCUT2D eigenvalue weighted by molar-refractivity contribution is -0.228. The van der Waals surface area contributed by atoms with Crippen LogP contribution >= 0.6 is 0 Å². The van der Waals surface area contributed by atoms with E-state index in [1.165, 1.54) is 20.1 Å². The van der Waals surface area contributed by atoms with Crippen LogP contribution in [0.2, 0.25) is 0 Å². The minimum atomic E-state index is -4.33. The molecule has 0 radical (unpaired) electrons. The van der Waals surface area contributed by atoms with Gasteiger partial charge in [-0.05, 0) is 30.7 Å². The summed E-state index contributed by atoms with van der Waals surface area (Å²) in [5, 5.41) is 0. The van der Waals surface area contributed by atoms with Crippen molar-refractivity contribution in [2.45, 2.75) is 38.8 Å². The van der Waals surface area contributed by atoms with E-state index in [1.807, 2.05) is 0 Å². The van der Waals surface area contributed by atoms with E-state index in [0.29, 0.717) is 5.56 Å². The van der Waals surface area contributed by atoms with E-state index in [4.69, 9.17) is 4.74 Å². The zero-order valence-electron chi connectivity index (χ0n) is 12.0. The lowest BCUT2D eigenvalue weighted by Crippen LogP contribution is -2.37. The first-order chi connectivity index (χ1) is 9.61. The van der Waals surface area contributed by atoms with Gasteiger partial charge in [0.25, 0.3) is 0 Å². The summed E-state index contributed by atoms with van der Waals surface area (Å²) in [6, 6.07) is 2.25. The molecule has 2 rings (SSSR count). The SMILES string of the molecule is COc1c(C2CC(C)C(C)(C(F)(F)F)C2)ccc(F)c1F. The van der Waals surface area contributed by atoms with E-state index in [9.17, 15) is 22.0 Å². The van der Waals surface area contributed by atoms with Crippen molar-refractivity contribution in [2.75, 3.05) is 7.11 Å². The molecule has 0 heterocycles. The van der Waals surface area contributed by atoms with Crippen LogP contribution in [0.1, 0.15) is 38.2 Å². The number of ether oxygens (including phenoxy) is 1. The van der Waals surface area contributed by atoms with Gasteiger partial charge in [-0.25, -0.2) is 4.39 Å². The van der Waals surface area contributed by atoms with Crippen molar-refractivity contribution in [3.8, 4) is 5.75 Å². The van der Waals surface area contributed by atoms with Gasteiger partial charge in [-0.2, -0.15) is 17.6 Å². The Kier molecular flexibility index (Phi) is 3.93. The van der Waals surface area contributed by atoms with Crippen LogP contribution in [0.15, 0.2) is 12.1 Å². The first-order valence-electron chi connectivity index (χ1n) is 6.70.